The van der Waals surface area contributed by atoms with Gasteiger partial charge in [-0.3, -0.25) is 4.79 Å². The van der Waals surface area contributed by atoms with E-state index in [1.165, 1.54) is 0 Å². The minimum absolute atomic E-state index is 0.121. The first kappa shape index (κ1) is 34.9. The van der Waals surface area contributed by atoms with Crippen LogP contribution in [0.4, 0.5) is 0 Å². The van der Waals surface area contributed by atoms with Gasteiger partial charge in [0.1, 0.15) is 61.0 Å². The fraction of sp³-hybridized carbons (Fsp3) is 0.500. The van der Waals surface area contributed by atoms with Crippen LogP contribution >= 0.6 is 0 Å². The lowest BCUT2D eigenvalue weighted by Crippen LogP contribution is -2.58. The van der Waals surface area contributed by atoms with Crippen LogP contribution in [0.1, 0.15) is 41.5 Å². The summed E-state index contributed by atoms with van der Waals surface area (Å²) in [7, 11) is 0. The molecule has 10 N–H and O–H groups in total. The molecule has 1 aliphatic carbocycles. The van der Waals surface area contributed by atoms with Crippen LogP contribution in [0, 0.1) is 23.7 Å². The zero-order valence-electron chi connectivity index (χ0n) is 25.2. The highest BCUT2D eigenvalue weighted by atomic mass is 16.5. The van der Waals surface area contributed by atoms with E-state index in [1.807, 2.05) is 12.1 Å². The van der Waals surface area contributed by atoms with Gasteiger partial charge in [0.2, 0.25) is 0 Å². The molecule has 0 spiro atoms. The number of carbonyl (C=O) groups is 1. The summed E-state index contributed by atoms with van der Waals surface area (Å²) in [6, 6.07) is 10.6. The van der Waals surface area contributed by atoms with E-state index >= 15 is 0 Å². The Labute approximate surface area is 270 Å². The lowest BCUT2D eigenvalue weighted by molar-refractivity contribution is -0.214. The van der Waals surface area contributed by atoms with Gasteiger partial charge in [0, 0.05) is 29.6 Å². The molecule has 2 fully saturated rings. The number of carboxylic acid groups (broad SMARTS) is 1. The molecule has 13 nitrogen and oxygen atoms in total. The molecule has 2 heterocycles. The predicted molar refractivity (Wildman–Crippen MR) is 163 cm³/mol. The van der Waals surface area contributed by atoms with E-state index in [-0.39, 0.29) is 25.9 Å². The van der Waals surface area contributed by atoms with Crippen LogP contribution in [0.25, 0.3) is 11.1 Å². The Hall–Kier alpha value is -3.41. The molecular formula is C34H38O13. The summed E-state index contributed by atoms with van der Waals surface area (Å²) >= 11 is 0. The monoisotopic (exact) mass is 654 g/mol. The molecular weight excluding hydrogens is 616 g/mol. The summed E-state index contributed by atoms with van der Waals surface area (Å²) in [6.07, 6.45) is -13.9. The normalized spacial score (nSPS) is 34.3. The maximum Gasteiger partial charge on any atom is 0.303 e. The number of hydrogen-bond acceptors (Lipinski definition) is 12. The molecule has 0 saturated carbocycles. The van der Waals surface area contributed by atoms with Crippen LogP contribution in [-0.2, 0) is 19.7 Å². The number of ether oxygens (including phenoxy) is 2. The van der Waals surface area contributed by atoms with Crippen molar-refractivity contribution >= 4 is 5.97 Å². The third-order valence-corrected chi connectivity index (χ3v) is 9.17. The van der Waals surface area contributed by atoms with E-state index < -0.39 is 85.6 Å². The molecule has 2 saturated heterocycles. The van der Waals surface area contributed by atoms with Crippen LogP contribution in [0.15, 0.2) is 36.4 Å². The summed E-state index contributed by atoms with van der Waals surface area (Å²) in [5.41, 5.74) is 2.95. The lowest BCUT2D eigenvalue weighted by Gasteiger charge is -2.37. The molecule has 47 heavy (non-hydrogen) atoms. The van der Waals surface area contributed by atoms with Gasteiger partial charge in [0.05, 0.1) is 13.2 Å². The largest absolute Gasteiger partial charge is 0.481 e. The molecule has 2 aromatic carbocycles. The standard InChI is InChI=1S/C34H38O13/c35-12-11-34(10-9-27(38)39)21-13-17(3-7-23-28(40)32(44)30(42)25(15-36)46-23)1-5-19(21)20-6-2-18(14-22(20)34)4-8-24-29(41)33(45)31(43)26(16-37)47-24/h1-2,5-6,13-14,23-26,28-33,35-37,40-45H,9-12,15-16H2,(H,38,39)/t23-,24-,25-,26-,28-,29?,30-,31-,32-,33-,34?/m1/s1. The molecule has 3 aliphatic rings. The number of aliphatic carboxylic acids is 1. The number of rotatable bonds is 7. The van der Waals surface area contributed by atoms with Crippen LogP contribution < -0.4 is 0 Å². The lowest BCUT2D eigenvalue weighted by atomic mass is 9.71. The third-order valence-electron chi connectivity index (χ3n) is 9.17. The quantitative estimate of drug-likeness (QED) is 0.140. The van der Waals surface area contributed by atoms with Gasteiger partial charge in [-0.25, -0.2) is 0 Å². The van der Waals surface area contributed by atoms with Crippen molar-refractivity contribution in [3.63, 3.8) is 0 Å². The van der Waals surface area contributed by atoms with Crippen molar-refractivity contribution in [2.75, 3.05) is 19.8 Å². The number of carboxylic acids is 1. The zero-order chi connectivity index (χ0) is 34.0. The highest BCUT2D eigenvalue weighted by Crippen LogP contribution is 2.53. The topological polar surface area (TPSA) is 238 Å². The second-order valence-electron chi connectivity index (χ2n) is 12.0. The van der Waals surface area contributed by atoms with Crippen molar-refractivity contribution in [3.05, 3.63) is 58.7 Å². The van der Waals surface area contributed by atoms with Crippen LogP contribution in [0.2, 0.25) is 0 Å². The van der Waals surface area contributed by atoms with Gasteiger partial charge in [0.15, 0.2) is 0 Å². The first-order valence-corrected chi connectivity index (χ1v) is 15.2. The molecule has 0 bridgehead atoms. The SMILES string of the molecule is O=C(O)CCC1(CCO)c2cc(C#C[C@H]3O[C@H](CO)[C@@H](O)[C@H](O)C3O)ccc2-c2ccc(C#C[C@H]3O[C@H](CO)[C@@H](O)[C@H](O)[C@@H]3O)cc21. The van der Waals surface area contributed by atoms with Gasteiger partial charge >= 0.3 is 5.97 Å². The molecule has 5 rings (SSSR count). The minimum atomic E-state index is -1.58. The van der Waals surface area contributed by atoms with Crippen molar-refractivity contribution in [1.29, 1.82) is 0 Å². The van der Waals surface area contributed by atoms with Crippen molar-refractivity contribution in [3.8, 4) is 34.8 Å². The first-order valence-electron chi connectivity index (χ1n) is 15.2. The summed E-state index contributed by atoms with van der Waals surface area (Å²) < 4.78 is 11.0. The van der Waals surface area contributed by atoms with Crippen molar-refractivity contribution in [2.45, 2.75) is 85.7 Å². The molecule has 2 aromatic rings. The highest BCUT2D eigenvalue weighted by Gasteiger charge is 2.45. The molecule has 11 atom stereocenters. The molecule has 0 radical (unpaired) electrons. The van der Waals surface area contributed by atoms with E-state index in [0.29, 0.717) is 22.3 Å². The van der Waals surface area contributed by atoms with Gasteiger partial charge in [-0.1, -0.05) is 35.8 Å². The molecule has 13 heteroatoms. The maximum atomic E-state index is 11.8. The van der Waals surface area contributed by atoms with Crippen LogP contribution in [-0.4, -0.2) is 138 Å². The fourth-order valence-electron chi connectivity index (χ4n) is 6.58. The second-order valence-corrected chi connectivity index (χ2v) is 12.0. The van der Waals surface area contributed by atoms with Crippen molar-refractivity contribution < 1.29 is 65.3 Å². The van der Waals surface area contributed by atoms with Crippen molar-refractivity contribution in [2.24, 2.45) is 0 Å². The van der Waals surface area contributed by atoms with Crippen LogP contribution in [0.3, 0.4) is 0 Å². The van der Waals surface area contributed by atoms with E-state index in [4.69, 9.17) is 9.47 Å². The Morgan fingerprint density at radius 2 is 1.11 bits per heavy atom. The van der Waals surface area contributed by atoms with E-state index in [9.17, 15) is 55.9 Å². The second kappa shape index (κ2) is 14.4. The van der Waals surface area contributed by atoms with Crippen molar-refractivity contribution in [1.82, 2.24) is 0 Å². The van der Waals surface area contributed by atoms with Gasteiger partial charge < -0.3 is 60.5 Å². The number of benzene rings is 2. The zero-order valence-corrected chi connectivity index (χ0v) is 25.2. The summed E-state index contributed by atoms with van der Waals surface area (Å²) in [4.78, 5) is 11.8. The number of aliphatic hydroxyl groups excluding tert-OH is 9. The molecule has 2 aliphatic heterocycles. The Bertz CT molecular complexity index is 1480. The summed E-state index contributed by atoms with van der Waals surface area (Å²) in [5.74, 6) is 10.3. The van der Waals surface area contributed by atoms with Gasteiger partial charge in [-0.15, -0.1) is 0 Å². The van der Waals surface area contributed by atoms with E-state index in [0.717, 1.165) is 11.1 Å². The van der Waals surface area contributed by atoms with E-state index in [2.05, 4.69) is 23.7 Å². The molecule has 2 unspecified atom stereocenters. The summed E-state index contributed by atoms with van der Waals surface area (Å²) in [5, 5.41) is 100. The van der Waals surface area contributed by atoms with Gasteiger partial charge in [-0.05, 0) is 59.4 Å². The smallest absolute Gasteiger partial charge is 0.303 e. The predicted octanol–water partition coefficient (Wildman–Crippen LogP) is -2.41. The average Bonchev–Trinajstić information content (AvgIpc) is 3.33. The number of aliphatic hydroxyl groups is 9. The number of hydrogen-bond donors (Lipinski definition) is 10. The summed E-state index contributed by atoms with van der Waals surface area (Å²) in [6.45, 7) is -1.47. The Morgan fingerprint density at radius 1 is 0.660 bits per heavy atom. The van der Waals surface area contributed by atoms with Crippen LogP contribution in [0.5, 0.6) is 0 Å². The highest BCUT2D eigenvalue weighted by molar-refractivity contribution is 5.83. The van der Waals surface area contributed by atoms with E-state index in [1.54, 1.807) is 24.3 Å². The molecule has 252 valence electrons. The average molecular weight is 655 g/mol. The Kier molecular flexibility index (Phi) is 10.7. The number of fused-ring (bicyclic) bond motifs is 3. The maximum absolute atomic E-state index is 11.8. The van der Waals surface area contributed by atoms with Gasteiger partial charge in [-0.2, -0.15) is 0 Å². The van der Waals surface area contributed by atoms with Gasteiger partial charge in [0.25, 0.3) is 0 Å². The minimum Gasteiger partial charge on any atom is -0.481 e. The third kappa shape index (κ3) is 6.67. The molecule has 0 aromatic heterocycles. The molecule has 0 amide bonds. The Morgan fingerprint density at radius 3 is 1.49 bits per heavy atom. The fourth-order valence-corrected chi connectivity index (χ4v) is 6.58. The Balaban J connectivity index is 1.52. The first-order chi connectivity index (χ1) is 22.4.